The van der Waals surface area contributed by atoms with Crippen molar-refractivity contribution in [3.63, 3.8) is 0 Å². The summed E-state index contributed by atoms with van der Waals surface area (Å²) in [5.74, 6) is 1.91. The van der Waals surface area contributed by atoms with E-state index in [0.29, 0.717) is 17.6 Å². The average molecular weight is 302 g/mol. The Morgan fingerprint density at radius 1 is 1.18 bits per heavy atom. The zero-order chi connectivity index (χ0) is 15.9. The molecule has 0 amide bonds. The van der Waals surface area contributed by atoms with Gasteiger partial charge in [-0.25, -0.2) is 0 Å². The van der Waals surface area contributed by atoms with E-state index in [1.165, 1.54) is 18.4 Å². The van der Waals surface area contributed by atoms with Gasteiger partial charge in [-0.1, -0.05) is 38.8 Å². The lowest BCUT2D eigenvalue weighted by Crippen LogP contribution is -2.55. The maximum atomic E-state index is 12.8. The number of hydrogen-bond donors (Lipinski definition) is 1. The summed E-state index contributed by atoms with van der Waals surface area (Å²) in [5, 5.41) is 11.0. The predicted molar refractivity (Wildman–Crippen MR) is 87.3 cm³/mol. The maximum absolute atomic E-state index is 12.8. The molecular formula is C20H30O2. The molecule has 4 aliphatic rings. The normalized spacial score (nSPS) is 49.9. The fourth-order valence-electron chi connectivity index (χ4n) is 6.76. The molecule has 4 aliphatic carbocycles. The summed E-state index contributed by atoms with van der Waals surface area (Å²) in [7, 11) is 0. The van der Waals surface area contributed by atoms with Crippen molar-refractivity contribution >= 4 is 5.78 Å². The third-order valence-corrected chi connectivity index (χ3v) is 8.01. The second-order valence-corrected chi connectivity index (χ2v) is 9.38. The molecular weight excluding hydrogens is 272 g/mol. The van der Waals surface area contributed by atoms with E-state index in [1.54, 1.807) is 5.57 Å². The molecule has 122 valence electrons. The molecule has 2 fully saturated rings. The number of carbonyl (C=O) groups excluding carboxylic acids is 1. The summed E-state index contributed by atoms with van der Waals surface area (Å²) in [6.45, 7) is 9.16. The minimum Gasteiger partial charge on any atom is -0.392 e. The van der Waals surface area contributed by atoms with Crippen LogP contribution < -0.4 is 0 Å². The monoisotopic (exact) mass is 302 g/mol. The Bertz CT molecular complexity index is 558. The number of hydrogen-bond acceptors (Lipinski definition) is 2. The van der Waals surface area contributed by atoms with Gasteiger partial charge in [0.25, 0.3) is 0 Å². The van der Waals surface area contributed by atoms with Crippen LogP contribution in [0.2, 0.25) is 0 Å². The molecule has 0 unspecified atom stereocenters. The largest absolute Gasteiger partial charge is 0.392 e. The Labute approximate surface area is 134 Å². The Hall–Kier alpha value is -0.630. The van der Waals surface area contributed by atoms with E-state index < -0.39 is 0 Å². The lowest BCUT2D eigenvalue weighted by Gasteiger charge is -2.59. The van der Waals surface area contributed by atoms with E-state index >= 15 is 0 Å². The Kier molecular flexibility index (Phi) is 3.03. The first-order valence-electron chi connectivity index (χ1n) is 9.21. The highest BCUT2D eigenvalue weighted by Crippen LogP contribution is 2.65. The van der Waals surface area contributed by atoms with Crippen LogP contribution in [0.1, 0.15) is 66.2 Å². The highest BCUT2D eigenvalue weighted by molar-refractivity contribution is 5.89. The number of ketones is 1. The van der Waals surface area contributed by atoms with Crippen molar-refractivity contribution in [2.24, 2.45) is 34.5 Å². The van der Waals surface area contributed by atoms with Gasteiger partial charge in [-0.05, 0) is 55.8 Å². The molecule has 0 aromatic carbocycles. The molecule has 6 atom stereocenters. The van der Waals surface area contributed by atoms with Gasteiger partial charge >= 0.3 is 0 Å². The second kappa shape index (κ2) is 4.47. The van der Waals surface area contributed by atoms with Crippen LogP contribution in [0.3, 0.4) is 0 Å². The molecule has 0 aromatic rings. The first-order chi connectivity index (χ1) is 10.3. The topological polar surface area (TPSA) is 37.3 Å². The summed E-state index contributed by atoms with van der Waals surface area (Å²) in [6.07, 6.45) is 6.25. The van der Waals surface area contributed by atoms with Crippen LogP contribution in [0.15, 0.2) is 11.1 Å². The van der Waals surface area contributed by atoms with Gasteiger partial charge in [0, 0.05) is 17.3 Å². The van der Waals surface area contributed by atoms with Crippen molar-refractivity contribution in [1.82, 2.24) is 0 Å². The molecule has 2 heteroatoms. The Morgan fingerprint density at radius 2 is 1.91 bits per heavy atom. The van der Waals surface area contributed by atoms with Gasteiger partial charge < -0.3 is 5.11 Å². The summed E-state index contributed by atoms with van der Waals surface area (Å²) < 4.78 is 0. The van der Waals surface area contributed by atoms with Gasteiger partial charge in [-0.2, -0.15) is 0 Å². The first kappa shape index (κ1) is 14.9. The number of Topliss-reactive ketones (excluding diaryl/α,β-unsaturated/α-hetero) is 1. The lowest BCUT2D eigenvalue weighted by molar-refractivity contribution is -0.125. The van der Waals surface area contributed by atoms with Crippen molar-refractivity contribution < 1.29 is 9.90 Å². The van der Waals surface area contributed by atoms with Gasteiger partial charge in [0.05, 0.1) is 6.10 Å². The minimum absolute atomic E-state index is 0.125. The Balaban J connectivity index is 1.85. The fraction of sp³-hybridized carbons (Fsp3) is 0.850. The van der Waals surface area contributed by atoms with Crippen molar-refractivity contribution in [2.45, 2.75) is 72.3 Å². The number of aliphatic hydroxyl groups is 1. The SMILES string of the molecule is C[C@@H]1C(=O)[C@H]2C[C@@H]1CC1=C2[C@@]2(C)[C@H](CC1)C(C)(C)CC[C@@H]2O. The third kappa shape index (κ3) is 1.68. The number of aliphatic hydroxyl groups excluding tert-OH is 1. The van der Waals surface area contributed by atoms with Crippen molar-refractivity contribution in [2.75, 3.05) is 0 Å². The molecule has 2 bridgehead atoms. The molecule has 2 nitrogen and oxygen atoms in total. The van der Waals surface area contributed by atoms with Crippen LogP contribution in [0.4, 0.5) is 0 Å². The standard InChI is InChI=1S/C20H30O2/c1-11-13-9-12-5-6-15-19(2,3)8-7-16(21)20(15,4)17(12)14(10-13)18(11)22/h11,13-16,21H,5-10H2,1-4H3/t11-,13-,14-,15+,16-,20-/m0/s1. The fourth-order valence-corrected chi connectivity index (χ4v) is 6.76. The quantitative estimate of drug-likeness (QED) is 0.683. The number of carbonyl (C=O) groups is 1. The van der Waals surface area contributed by atoms with Crippen LogP contribution in [0, 0.1) is 34.5 Å². The van der Waals surface area contributed by atoms with E-state index in [-0.39, 0.29) is 28.8 Å². The molecule has 0 aromatic heterocycles. The summed E-state index contributed by atoms with van der Waals surface area (Å²) in [4.78, 5) is 12.8. The number of allylic oxidation sites excluding steroid dienone is 1. The van der Waals surface area contributed by atoms with Gasteiger partial charge in [0.15, 0.2) is 0 Å². The van der Waals surface area contributed by atoms with Crippen LogP contribution >= 0.6 is 0 Å². The summed E-state index contributed by atoms with van der Waals surface area (Å²) >= 11 is 0. The van der Waals surface area contributed by atoms with Gasteiger partial charge in [0.2, 0.25) is 0 Å². The maximum Gasteiger partial charge on any atom is 0.143 e. The Morgan fingerprint density at radius 3 is 2.64 bits per heavy atom. The van der Waals surface area contributed by atoms with Gasteiger partial charge in [-0.15, -0.1) is 0 Å². The first-order valence-corrected chi connectivity index (χ1v) is 9.21. The summed E-state index contributed by atoms with van der Waals surface area (Å²) in [5.41, 5.74) is 3.06. The molecule has 2 saturated carbocycles. The zero-order valence-corrected chi connectivity index (χ0v) is 14.5. The molecule has 1 N–H and O–H groups in total. The van der Waals surface area contributed by atoms with E-state index in [9.17, 15) is 9.90 Å². The zero-order valence-electron chi connectivity index (χ0n) is 14.5. The minimum atomic E-state index is -0.268. The number of fused-ring (bicyclic) bond motifs is 5. The van der Waals surface area contributed by atoms with Crippen molar-refractivity contribution in [1.29, 1.82) is 0 Å². The van der Waals surface area contributed by atoms with Crippen LogP contribution in [-0.2, 0) is 4.79 Å². The van der Waals surface area contributed by atoms with Crippen molar-refractivity contribution in [3.05, 3.63) is 11.1 Å². The van der Waals surface area contributed by atoms with Crippen LogP contribution in [0.5, 0.6) is 0 Å². The smallest absolute Gasteiger partial charge is 0.143 e. The predicted octanol–water partition coefficient (Wildman–Crippen LogP) is 4.13. The van der Waals surface area contributed by atoms with E-state index in [1.807, 2.05) is 0 Å². The molecule has 4 rings (SSSR count). The number of rotatable bonds is 0. The van der Waals surface area contributed by atoms with E-state index in [2.05, 4.69) is 27.7 Å². The van der Waals surface area contributed by atoms with Crippen molar-refractivity contribution in [3.8, 4) is 0 Å². The molecule has 0 radical (unpaired) electrons. The third-order valence-electron chi connectivity index (χ3n) is 8.01. The highest BCUT2D eigenvalue weighted by Gasteiger charge is 2.60. The van der Waals surface area contributed by atoms with Gasteiger partial charge in [0.1, 0.15) is 5.78 Å². The summed E-state index contributed by atoms with van der Waals surface area (Å²) in [6, 6.07) is 0. The second-order valence-electron chi connectivity index (χ2n) is 9.38. The van der Waals surface area contributed by atoms with Crippen LogP contribution in [-0.4, -0.2) is 17.0 Å². The van der Waals surface area contributed by atoms with Crippen LogP contribution in [0.25, 0.3) is 0 Å². The molecule has 0 spiro atoms. The molecule has 0 saturated heterocycles. The van der Waals surface area contributed by atoms with E-state index in [0.717, 1.165) is 25.7 Å². The molecule has 22 heavy (non-hydrogen) atoms. The molecule has 0 heterocycles. The highest BCUT2D eigenvalue weighted by atomic mass is 16.3. The van der Waals surface area contributed by atoms with E-state index in [4.69, 9.17) is 0 Å². The average Bonchev–Trinajstić information content (AvgIpc) is 2.68. The lowest BCUT2D eigenvalue weighted by atomic mass is 9.47. The molecule has 0 aliphatic heterocycles. The van der Waals surface area contributed by atoms with Gasteiger partial charge in [-0.3, -0.25) is 4.79 Å².